The van der Waals surface area contributed by atoms with Gasteiger partial charge in [-0.25, -0.2) is 0 Å². The molecule has 1 amide bonds. The Bertz CT molecular complexity index is 843. The smallest absolute Gasteiger partial charge is 0.271 e. The molecule has 1 aromatic carbocycles. The molecule has 0 spiro atoms. The van der Waals surface area contributed by atoms with Gasteiger partial charge in [0.15, 0.2) is 0 Å². The first-order chi connectivity index (χ1) is 13.7. The lowest BCUT2D eigenvalue weighted by molar-refractivity contribution is -0.113. The molecule has 4 rings (SSSR count). The molecule has 5 heteroatoms. The Kier molecular flexibility index (Phi) is 5.78. The molecule has 146 valence electrons. The van der Waals surface area contributed by atoms with Gasteiger partial charge in [0, 0.05) is 17.8 Å². The number of amides is 1. The van der Waals surface area contributed by atoms with E-state index in [1.165, 1.54) is 29.5 Å². The van der Waals surface area contributed by atoms with E-state index in [4.69, 9.17) is 5.26 Å². The van der Waals surface area contributed by atoms with Crippen LogP contribution in [0.3, 0.4) is 0 Å². The number of nitrogens with one attached hydrogen (secondary N) is 3. The number of hydrogen-bond acceptors (Lipinski definition) is 4. The summed E-state index contributed by atoms with van der Waals surface area (Å²) in [7, 11) is 0. The van der Waals surface area contributed by atoms with Crippen LogP contribution >= 0.6 is 0 Å². The fourth-order valence-electron chi connectivity index (χ4n) is 4.40. The number of benzene rings is 1. The summed E-state index contributed by atoms with van der Waals surface area (Å²) in [5, 5.41) is 18.6. The minimum absolute atomic E-state index is 0.162. The molecule has 0 bridgehead atoms. The van der Waals surface area contributed by atoms with Crippen LogP contribution in [0.25, 0.3) is 5.57 Å². The Morgan fingerprint density at radius 3 is 2.79 bits per heavy atom. The number of anilines is 1. The van der Waals surface area contributed by atoms with Gasteiger partial charge in [-0.3, -0.25) is 4.79 Å². The van der Waals surface area contributed by atoms with Crippen LogP contribution in [-0.4, -0.2) is 25.5 Å². The predicted molar refractivity (Wildman–Crippen MR) is 112 cm³/mol. The van der Waals surface area contributed by atoms with Crippen molar-refractivity contribution in [2.75, 3.05) is 25.0 Å². The molecule has 1 aliphatic carbocycles. The molecule has 28 heavy (non-hydrogen) atoms. The molecule has 0 saturated carbocycles. The van der Waals surface area contributed by atoms with E-state index in [0.717, 1.165) is 44.5 Å². The molecule has 2 aliphatic heterocycles. The molecule has 2 heterocycles. The van der Waals surface area contributed by atoms with E-state index in [1.807, 2.05) is 0 Å². The summed E-state index contributed by atoms with van der Waals surface area (Å²) in [6.07, 6.45) is 11.0. The highest BCUT2D eigenvalue weighted by Gasteiger charge is 2.22. The standard InChI is InChI=1S/C23H28N4O/c24-14-16-12-22(26-15-16)23(28)27-21-7-6-19(17-8-10-25-11-9-17)13-20(21)18-4-2-1-3-5-18/h4,6-7,12-13,16-17,25-26H,1-3,5,8-11,15H2,(H,27,28). The number of allylic oxidation sites excluding steroid dienone is 2. The van der Waals surface area contributed by atoms with Gasteiger partial charge in [0.05, 0.1) is 17.7 Å². The zero-order valence-corrected chi connectivity index (χ0v) is 16.3. The largest absolute Gasteiger partial charge is 0.379 e. The van der Waals surface area contributed by atoms with E-state index >= 15 is 0 Å². The van der Waals surface area contributed by atoms with Crippen molar-refractivity contribution in [2.24, 2.45) is 5.92 Å². The van der Waals surface area contributed by atoms with Crippen molar-refractivity contribution in [1.82, 2.24) is 10.6 Å². The second-order valence-electron chi connectivity index (χ2n) is 7.96. The summed E-state index contributed by atoms with van der Waals surface area (Å²) >= 11 is 0. The van der Waals surface area contributed by atoms with Gasteiger partial charge < -0.3 is 16.0 Å². The van der Waals surface area contributed by atoms with E-state index in [9.17, 15) is 4.79 Å². The van der Waals surface area contributed by atoms with Crippen LogP contribution in [0.5, 0.6) is 0 Å². The number of piperidine rings is 1. The van der Waals surface area contributed by atoms with Crippen LogP contribution in [0, 0.1) is 17.2 Å². The maximum Gasteiger partial charge on any atom is 0.271 e. The SMILES string of the molecule is N#CC1C=C(C(=O)Nc2ccc(C3CCNCC3)cc2C2=CCCCC2)NC1. The average Bonchev–Trinajstić information content (AvgIpc) is 3.25. The summed E-state index contributed by atoms with van der Waals surface area (Å²) in [5.74, 6) is 0.193. The van der Waals surface area contributed by atoms with Crippen LogP contribution < -0.4 is 16.0 Å². The van der Waals surface area contributed by atoms with Gasteiger partial charge in [-0.15, -0.1) is 0 Å². The van der Waals surface area contributed by atoms with Crippen LogP contribution in [0.15, 0.2) is 36.0 Å². The lowest BCUT2D eigenvalue weighted by Gasteiger charge is -2.25. The van der Waals surface area contributed by atoms with Gasteiger partial charge in [0.1, 0.15) is 0 Å². The summed E-state index contributed by atoms with van der Waals surface area (Å²) in [6.45, 7) is 2.65. The lowest BCUT2D eigenvalue weighted by atomic mass is 9.86. The normalized spacial score (nSPS) is 22.6. The number of nitrogens with zero attached hydrogens (tertiary/aromatic N) is 1. The fraction of sp³-hybridized carbons (Fsp3) is 0.478. The molecule has 3 N–H and O–H groups in total. The highest BCUT2D eigenvalue weighted by Crippen LogP contribution is 2.36. The molecule has 1 fully saturated rings. The van der Waals surface area contributed by atoms with E-state index in [-0.39, 0.29) is 11.8 Å². The van der Waals surface area contributed by atoms with Gasteiger partial charge in [0.25, 0.3) is 5.91 Å². The highest BCUT2D eigenvalue weighted by atomic mass is 16.2. The van der Waals surface area contributed by atoms with Crippen LogP contribution in [-0.2, 0) is 4.79 Å². The Balaban J connectivity index is 1.61. The third-order valence-electron chi connectivity index (χ3n) is 6.03. The number of hydrogen-bond donors (Lipinski definition) is 3. The Morgan fingerprint density at radius 1 is 1.21 bits per heavy atom. The van der Waals surface area contributed by atoms with Crippen molar-refractivity contribution in [3.8, 4) is 6.07 Å². The van der Waals surface area contributed by atoms with Crippen molar-refractivity contribution in [1.29, 1.82) is 5.26 Å². The Hall–Kier alpha value is -2.58. The molecule has 0 aromatic heterocycles. The monoisotopic (exact) mass is 376 g/mol. The lowest BCUT2D eigenvalue weighted by Crippen LogP contribution is -2.26. The van der Waals surface area contributed by atoms with Crippen molar-refractivity contribution in [2.45, 2.75) is 44.4 Å². The molecule has 1 saturated heterocycles. The van der Waals surface area contributed by atoms with Gasteiger partial charge in [-0.1, -0.05) is 12.1 Å². The predicted octanol–water partition coefficient (Wildman–Crippen LogP) is 3.68. The van der Waals surface area contributed by atoms with E-state index in [0.29, 0.717) is 18.2 Å². The van der Waals surface area contributed by atoms with E-state index in [1.54, 1.807) is 6.08 Å². The number of nitriles is 1. The van der Waals surface area contributed by atoms with Gasteiger partial charge >= 0.3 is 0 Å². The quantitative estimate of drug-likeness (QED) is 0.749. The third kappa shape index (κ3) is 4.13. The van der Waals surface area contributed by atoms with Crippen molar-refractivity contribution >= 4 is 17.2 Å². The molecule has 1 unspecified atom stereocenters. The Morgan fingerprint density at radius 2 is 2.07 bits per heavy atom. The minimum Gasteiger partial charge on any atom is -0.379 e. The zero-order chi connectivity index (χ0) is 19.3. The van der Waals surface area contributed by atoms with Gasteiger partial charge in [0.2, 0.25) is 0 Å². The maximum absolute atomic E-state index is 12.7. The van der Waals surface area contributed by atoms with Crippen LogP contribution in [0.1, 0.15) is 55.6 Å². The van der Waals surface area contributed by atoms with Crippen molar-refractivity contribution in [3.63, 3.8) is 0 Å². The number of carbonyl (C=O) groups is 1. The van der Waals surface area contributed by atoms with E-state index < -0.39 is 0 Å². The first-order valence-corrected chi connectivity index (χ1v) is 10.5. The molecule has 1 atom stereocenters. The molecule has 5 nitrogen and oxygen atoms in total. The molecular formula is C23H28N4O. The zero-order valence-electron chi connectivity index (χ0n) is 16.3. The van der Waals surface area contributed by atoms with Crippen molar-refractivity contribution in [3.05, 3.63) is 47.2 Å². The summed E-state index contributed by atoms with van der Waals surface area (Å²) in [5.41, 5.74) is 5.26. The molecule has 3 aliphatic rings. The minimum atomic E-state index is -0.233. The molecule has 0 radical (unpaired) electrons. The average molecular weight is 377 g/mol. The topological polar surface area (TPSA) is 77.0 Å². The number of carbonyl (C=O) groups excluding carboxylic acids is 1. The fourth-order valence-corrected chi connectivity index (χ4v) is 4.40. The van der Waals surface area contributed by atoms with Gasteiger partial charge in [-0.2, -0.15) is 5.26 Å². The van der Waals surface area contributed by atoms with Gasteiger partial charge in [-0.05, 0) is 86.9 Å². The molecule has 1 aromatic rings. The van der Waals surface area contributed by atoms with E-state index in [2.05, 4.69) is 46.3 Å². The number of rotatable bonds is 4. The third-order valence-corrected chi connectivity index (χ3v) is 6.03. The van der Waals surface area contributed by atoms with Crippen molar-refractivity contribution < 1.29 is 4.79 Å². The summed E-state index contributed by atoms with van der Waals surface area (Å²) < 4.78 is 0. The summed E-state index contributed by atoms with van der Waals surface area (Å²) in [4.78, 5) is 12.7. The second kappa shape index (κ2) is 8.62. The second-order valence-corrected chi connectivity index (χ2v) is 7.96. The molecular weight excluding hydrogens is 348 g/mol. The highest BCUT2D eigenvalue weighted by molar-refractivity contribution is 6.05. The first-order valence-electron chi connectivity index (χ1n) is 10.5. The maximum atomic E-state index is 12.7. The Labute approximate surface area is 166 Å². The van der Waals surface area contributed by atoms with Crippen LogP contribution in [0.2, 0.25) is 0 Å². The summed E-state index contributed by atoms with van der Waals surface area (Å²) in [6, 6.07) is 8.73. The first kappa shape index (κ1) is 18.8. The van der Waals surface area contributed by atoms with Crippen LogP contribution in [0.4, 0.5) is 5.69 Å².